The average Bonchev–Trinajstić information content (AvgIpc) is 1.53. The van der Waals surface area contributed by atoms with E-state index in [2.05, 4.69) is 17.2 Å². The van der Waals surface area contributed by atoms with E-state index < -0.39 is 143 Å². The zero-order chi connectivity index (χ0) is 69.4. The largest absolute Gasteiger partial charge is 2.00 e. The number of carbonyl (C=O) groups excluding carboxylic acids is 7. The van der Waals surface area contributed by atoms with Gasteiger partial charge in [-0.1, -0.05) is 47.6 Å². The molecule has 94 heavy (non-hydrogen) atoms. The first-order valence-corrected chi connectivity index (χ1v) is 33.2. The summed E-state index contributed by atoms with van der Waals surface area (Å²) in [6.45, 7) is 24.5. The van der Waals surface area contributed by atoms with Gasteiger partial charge in [0.15, 0.2) is 6.23 Å². The van der Waals surface area contributed by atoms with Gasteiger partial charge in [-0.3, -0.25) is 53.1 Å². The van der Waals surface area contributed by atoms with Crippen molar-refractivity contribution in [3.8, 4) is 0 Å². The van der Waals surface area contributed by atoms with Gasteiger partial charge >= 0.3 is 16.8 Å². The van der Waals surface area contributed by atoms with Crippen LogP contribution in [0.5, 0.6) is 0 Å². The first-order chi connectivity index (χ1) is 43.2. The van der Waals surface area contributed by atoms with E-state index in [-0.39, 0.29) is 94.0 Å². The maximum Gasteiger partial charge on any atom is 2.00 e. The molecule has 15 unspecified atom stereocenters. The number of allylic oxidation sites excluding steroid dienone is 6. The molecule has 15 atom stereocenters. The van der Waals surface area contributed by atoms with Crippen LogP contribution in [0.25, 0.3) is 16.4 Å². The number of hydrogen-bond acceptors (Lipinski definition) is 18. The Bertz CT molecular complexity index is 3560. The molecule has 2 aromatic rings. The number of ether oxygens (including phenoxy) is 1. The number of hydrogen-bond donors (Lipinski definition) is 9. The predicted molar refractivity (Wildman–Crippen MR) is 347 cm³/mol. The minimum absolute atomic E-state index is 0. The molecule has 6 aliphatic rings. The molecule has 8 rings (SSSR count). The summed E-state index contributed by atoms with van der Waals surface area (Å²) in [5.41, 5.74) is 36.7. The fourth-order valence-electron chi connectivity index (χ4n) is 15.3. The van der Waals surface area contributed by atoms with Gasteiger partial charge in [-0.2, -0.15) is 12.1 Å². The van der Waals surface area contributed by atoms with Gasteiger partial charge in [-0.15, -0.1) is 0 Å². The molecule has 1 radical (unpaired) electrons. The number of imidazole rings is 1. The van der Waals surface area contributed by atoms with Crippen LogP contribution in [0.4, 0.5) is 0 Å². The van der Waals surface area contributed by atoms with E-state index in [4.69, 9.17) is 68.5 Å². The number of phosphoric acid groups is 1. The fourth-order valence-corrected chi connectivity index (χ4v) is 16.4. The summed E-state index contributed by atoms with van der Waals surface area (Å²) >= 11 is 0. The zero-order valence-electron chi connectivity index (χ0n) is 55.9. The Hall–Kier alpha value is -6.49. The van der Waals surface area contributed by atoms with E-state index in [0.717, 1.165) is 17.5 Å². The normalized spacial score (nSPS) is 30.9. The fraction of sp³-hybridized carbons (Fsp3) is 0.631. The van der Waals surface area contributed by atoms with Gasteiger partial charge in [0, 0.05) is 108 Å². The summed E-state index contributed by atoms with van der Waals surface area (Å²) in [6.07, 6.45) is -3.79. The number of nitrogens with one attached hydrogen (secondary N) is 1. The van der Waals surface area contributed by atoms with Crippen molar-refractivity contribution in [3.63, 3.8) is 0 Å². The molecule has 0 spiro atoms. The summed E-state index contributed by atoms with van der Waals surface area (Å²) in [7, 11) is -5.32. The molecule has 27 nitrogen and oxygen atoms in total. The third kappa shape index (κ3) is 15.2. The van der Waals surface area contributed by atoms with E-state index in [1.807, 2.05) is 87.4 Å². The minimum Gasteiger partial charge on any atom is -0.756 e. The number of aliphatic imine (C=N–C) groups is 3. The van der Waals surface area contributed by atoms with E-state index >= 15 is 0 Å². The molecule has 8 bridgehead atoms. The number of benzene rings is 1. The molecule has 0 aliphatic carbocycles. The first kappa shape index (κ1) is 76.5. The molecular formula is C65H95CoN13O14P-. The number of amides is 7. The average molecular weight is 1370 g/mol. The summed E-state index contributed by atoms with van der Waals surface area (Å²) < 4.78 is 31.9. The number of rotatable bonds is 26. The molecule has 7 heterocycles. The minimum atomic E-state index is -5.32. The van der Waals surface area contributed by atoms with Gasteiger partial charge in [-0.05, 0) is 119 Å². The number of nitrogens with zero attached hydrogens (tertiary/aromatic N) is 6. The summed E-state index contributed by atoms with van der Waals surface area (Å²) in [5, 5.41) is 30.1. The summed E-state index contributed by atoms with van der Waals surface area (Å²) in [4.78, 5) is 128. The molecule has 519 valence electrons. The maximum atomic E-state index is 14.4. The third-order valence-electron chi connectivity index (χ3n) is 20.5. The van der Waals surface area contributed by atoms with Crippen LogP contribution >= 0.6 is 7.82 Å². The van der Waals surface area contributed by atoms with Crippen LogP contribution < -0.4 is 44.6 Å². The number of phosphoric ester groups is 1. The number of aromatic nitrogens is 2. The molecule has 7 amide bonds. The van der Waals surface area contributed by atoms with Crippen LogP contribution in [0.1, 0.15) is 164 Å². The summed E-state index contributed by atoms with van der Waals surface area (Å²) in [6, 6.07) is 2.65. The molecule has 2 fully saturated rings. The van der Waals surface area contributed by atoms with E-state index in [1.54, 1.807) is 6.92 Å². The van der Waals surface area contributed by atoms with Gasteiger partial charge in [0.1, 0.15) is 18.3 Å². The van der Waals surface area contributed by atoms with Gasteiger partial charge in [0.05, 0.1) is 41.3 Å². The van der Waals surface area contributed by atoms with Crippen molar-refractivity contribution < 1.29 is 83.8 Å². The van der Waals surface area contributed by atoms with Gasteiger partial charge in [0.2, 0.25) is 41.4 Å². The SMILES string of the molecule is CC1=C2N=C(C=C3N=C(C(C)=C4[N-]C(C(CC(N)=O)C4(C)CCC(=O)NCC(C)OP(=O)([O-])OC4C(CO)OC(n5cnc6cc(C)c(C)cc65)C4O)C4(C)N=C1C(CCC(N)=O)C4(C)CC(N)=O)C(CCC(N)=O)C3(C)C)C(CCC(N)=O)C2(C)CC(N)=O.[CH2-]CC.[Co+2]. The second-order valence-corrected chi connectivity index (χ2v) is 28.8. The van der Waals surface area contributed by atoms with Gasteiger partial charge < -0.3 is 85.4 Å². The first-order valence-electron chi connectivity index (χ1n) is 31.7. The number of primary amides is 6. The Morgan fingerprint density at radius 3 is 1.95 bits per heavy atom. The van der Waals surface area contributed by atoms with Crippen LogP contribution in [-0.2, 0) is 68.7 Å². The number of aliphatic hydroxyl groups excluding tert-OH is 2. The molecule has 0 saturated carbocycles. The number of fused-ring (bicyclic) bond motifs is 7. The molecule has 29 heteroatoms. The molecular weight excluding hydrogens is 1280 g/mol. The predicted octanol–water partition coefficient (Wildman–Crippen LogP) is 4.54. The number of nitrogens with two attached hydrogens (primary N) is 6. The quantitative estimate of drug-likeness (QED) is 0.0461. The Balaban J connectivity index is 0.00000343. The standard InChI is InChI=1S/C62H90N13O14P.C3H7.Co/c1-29-20-39-40(21-30(29)2)75(28-70-39)57-52(84)53(41(27-76)87-57)89-90(85,86)88-31(3)26-69-49(83)18-19-59(8)37(22-46(66)80)56-62(11)61(10,25-48(68)82)36(14-17-45(65)79)51(74-62)33(5)55-60(9,24-47(67)81)34(12-15-43(63)77)38(71-55)23-42-58(6,7)35(13-16-44(64)78)50(72-42)32(4)54(59)73-56;1-3-2;/h20-21,23,28,31,34-37,41,52-53,56-57,76,84H,12-19,22,24-27H2,1-11H3,(H15,63,64,65,66,67,68,69,71,72,73,74,77,78,79,80,81,82,83,85,86);1,3H2,2H3;/q;-1;+2/p-2. The van der Waals surface area contributed by atoms with E-state index in [1.165, 1.54) is 17.8 Å². The van der Waals surface area contributed by atoms with Crippen LogP contribution in [0.2, 0.25) is 0 Å². The topological polar surface area (TPSA) is 465 Å². The maximum absolute atomic E-state index is 14.4. The second kappa shape index (κ2) is 29.5. The van der Waals surface area contributed by atoms with E-state index in [9.17, 15) is 53.2 Å². The van der Waals surface area contributed by atoms with Gasteiger partial charge in [0.25, 0.3) is 7.82 Å². The van der Waals surface area contributed by atoms with Crippen molar-refractivity contribution in [1.29, 1.82) is 0 Å². The molecule has 2 saturated heterocycles. The molecule has 6 aliphatic heterocycles. The van der Waals surface area contributed by atoms with Crippen molar-refractivity contribution >= 4 is 77.3 Å². The van der Waals surface area contributed by atoms with Crippen LogP contribution in [0.15, 0.2) is 67.8 Å². The monoisotopic (exact) mass is 1370 g/mol. The van der Waals surface area contributed by atoms with E-state index in [0.29, 0.717) is 56.4 Å². The van der Waals surface area contributed by atoms with Crippen molar-refractivity contribution in [2.24, 2.45) is 94.7 Å². The number of carbonyl (C=O) groups is 7. The number of aliphatic hydroxyl groups is 2. The van der Waals surface area contributed by atoms with Crippen molar-refractivity contribution in [2.75, 3.05) is 13.2 Å². The zero-order valence-corrected chi connectivity index (χ0v) is 57.8. The third-order valence-corrected chi connectivity index (χ3v) is 21.6. The van der Waals surface area contributed by atoms with Crippen LogP contribution in [-0.4, -0.2) is 127 Å². The number of aryl methyl sites for hydroxylation is 2. The molecule has 1 aromatic carbocycles. The Morgan fingerprint density at radius 1 is 0.809 bits per heavy atom. The smallest absolute Gasteiger partial charge is 0.756 e. The van der Waals surface area contributed by atoms with Crippen molar-refractivity contribution in [3.05, 3.63) is 76.1 Å². The molecule has 15 N–H and O–H groups in total. The van der Waals surface area contributed by atoms with Crippen LogP contribution in [0, 0.1) is 66.1 Å². The Kier molecular flexibility index (Phi) is 24.0. The van der Waals surface area contributed by atoms with Gasteiger partial charge in [-0.25, -0.2) is 4.98 Å². The Labute approximate surface area is 559 Å². The van der Waals surface area contributed by atoms with Crippen molar-refractivity contribution in [2.45, 2.75) is 202 Å². The second-order valence-electron chi connectivity index (χ2n) is 27.5. The van der Waals surface area contributed by atoms with Crippen LogP contribution in [0.3, 0.4) is 0 Å². The summed E-state index contributed by atoms with van der Waals surface area (Å²) in [5.74, 6) is -7.40. The molecule has 1 aromatic heterocycles. The Morgan fingerprint density at radius 2 is 1.38 bits per heavy atom. The van der Waals surface area contributed by atoms with Crippen molar-refractivity contribution in [1.82, 2.24) is 14.9 Å².